The van der Waals surface area contributed by atoms with E-state index in [1.807, 2.05) is 17.5 Å². The maximum absolute atomic E-state index is 11.7. The molecule has 0 aliphatic carbocycles. The van der Waals surface area contributed by atoms with Gasteiger partial charge >= 0.3 is 6.03 Å². The molecule has 0 aromatic carbocycles. The van der Waals surface area contributed by atoms with E-state index in [1.165, 1.54) is 11.1 Å². The monoisotopic (exact) mass is 293 g/mol. The van der Waals surface area contributed by atoms with E-state index in [1.54, 1.807) is 24.3 Å². The fourth-order valence-corrected chi connectivity index (χ4v) is 2.31. The molecule has 0 radical (unpaired) electrons. The smallest absolute Gasteiger partial charge is 0.333 e. The fourth-order valence-electron chi connectivity index (χ4n) is 1.60. The predicted molar refractivity (Wildman–Crippen MR) is 75.5 cm³/mol. The van der Waals surface area contributed by atoms with Crippen molar-refractivity contribution in [1.29, 1.82) is 0 Å². The molecular formula is C13H15N3O3S. The van der Waals surface area contributed by atoms with Crippen molar-refractivity contribution in [2.45, 2.75) is 13.3 Å². The van der Waals surface area contributed by atoms with Crippen LogP contribution in [0, 0.1) is 6.92 Å². The third kappa shape index (κ3) is 3.86. The minimum absolute atomic E-state index is 0.392. The number of carbonyl (C=O) groups excluding carboxylic acids is 2. The molecule has 0 bridgehead atoms. The van der Waals surface area contributed by atoms with Gasteiger partial charge in [0.15, 0.2) is 0 Å². The number of urea groups is 1. The van der Waals surface area contributed by atoms with E-state index in [4.69, 9.17) is 4.42 Å². The Kier molecular flexibility index (Phi) is 4.78. The lowest BCUT2D eigenvalue weighted by molar-refractivity contribution is 0.0934. The Hall–Kier alpha value is -2.28. The summed E-state index contributed by atoms with van der Waals surface area (Å²) >= 11 is 1.64. The van der Waals surface area contributed by atoms with Crippen LogP contribution in [0.2, 0.25) is 0 Å². The highest BCUT2D eigenvalue weighted by atomic mass is 32.1. The molecule has 0 saturated heterocycles. The van der Waals surface area contributed by atoms with E-state index in [-0.39, 0.29) is 0 Å². The van der Waals surface area contributed by atoms with Gasteiger partial charge in [-0.05, 0) is 30.9 Å². The summed E-state index contributed by atoms with van der Waals surface area (Å²) in [5, 5.41) is 4.64. The number of rotatable bonds is 4. The van der Waals surface area contributed by atoms with Crippen molar-refractivity contribution in [1.82, 2.24) is 16.2 Å². The van der Waals surface area contributed by atoms with Crippen molar-refractivity contribution in [2.24, 2.45) is 0 Å². The molecule has 0 unspecified atom stereocenters. The van der Waals surface area contributed by atoms with Gasteiger partial charge in [-0.3, -0.25) is 10.2 Å². The van der Waals surface area contributed by atoms with Crippen molar-refractivity contribution in [3.05, 3.63) is 46.0 Å². The average Bonchev–Trinajstić information content (AvgIpc) is 3.07. The van der Waals surface area contributed by atoms with Gasteiger partial charge in [-0.2, -0.15) is 0 Å². The number of hydrogen-bond donors (Lipinski definition) is 3. The molecular weight excluding hydrogens is 278 g/mol. The third-order valence-corrected chi connectivity index (χ3v) is 3.57. The zero-order chi connectivity index (χ0) is 14.4. The van der Waals surface area contributed by atoms with Crippen LogP contribution in [-0.2, 0) is 6.42 Å². The first-order valence-electron chi connectivity index (χ1n) is 6.07. The highest BCUT2D eigenvalue weighted by molar-refractivity contribution is 7.09. The zero-order valence-electron chi connectivity index (χ0n) is 10.9. The molecule has 2 aromatic heterocycles. The Morgan fingerprint density at radius 3 is 2.80 bits per heavy atom. The summed E-state index contributed by atoms with van der Waals surface area (Å²) in [6.07, 6.45) is 2.19. The molecule has 0 spiro atoms. The van der Waals surface area contributed by atoms with Gasteiger partial charge in [-0.25, -0.2) is 10.2 Å². The molecule has 106 valence electrons. The highest BCUT2D eigenvalue weighted by Crippen LogP contribution is 2.08. The van der Waals surface area contributed by atoms with Gasteiger partial charge in [0.25, 0.3) is 5.91 Å². The molecule has 20 heavy (non-hydrogen) atoms. The summed E-state index contributed by atoms with van der Waals surface area (Å²) < 4.78 is 5.01. The quantitative estimate of drug-likeness (QED) is 0.752. The van der Waals surface area contributed by atoms with Crippen LogP contribution < -0.4 is 16.2 Å². The van der Waals surface area contributed by atoms with Crippen molar-refractivity contribution in [3.8, 4) is 0 Å². The standard InChI is InChI=1S/C13H15N3O3S/c1-9-11(5-7-19-9)12(17)15-16-13(18)14-6-4-10-3-2-8-20-10/h2-3,5,7-8H,4,6H2,1H3,(H,15,17)(H2,14,16,18). The Bertz CT molecular complexity index is 577. The summed E-state index contributed by atoms with van der Waals surface area (Å²) in [5.41, 5.74) is 4.99. The fraction of sp³-hybridized carbons (Fsp3) is 0.231. The SMILES string of the molecule is Cc1occc1C(=O)NNC(=O)NCCc1cccs1. The van der Waals surface area contributed by atoms with E-state index >= 15 is 0 Å². The lowest BCUT2D eigenvalue weighted by Gasteiger charge is -2.08. The number of amides is 3. The van der Waals surface area contributed by atoms with Crippen molar-refractivity contribution in [3.63, 3.8) is 0 Å². The van der Waals surface area contributed by atoms with Crippen LogP contribution in [0.4, 0.5) is 4.79 Å². The van der Waals surface area contributed by atoms with Crippen molar-refractivity contribution in [2.75, 3.05) is 6.54 Å². The van der Waals surface area contributed by atoms with E-state index in [2.05, 4.69) is 16.2 Å². The van der Waals surface area contributed by atoms with Crippen LogP contribution in [0.25, 0.3) is 0 Å². The second-order valence-electron chi connectivity index (χ2n) is 4.05. The van der Waals surface area contributed by atoms with Gasteiger partial charge in [-0.15, -0.1) is 11.3 Å². The molecule has 2 heterocycles. The van der Waals surface area contributed by atoms with Gasteiger partial charge in [0.2, 0.25) is 0 Å². The predicted octanol–water partition coefficient (Wildman–Crippen LogP) is 1.84. The number of nitrogens with one attached hydrogen (secondary N) is 3. The topological polar surface area (TPSA) is 83.4 Å². The number of hydrogen-bond acceptors (Lipinski definition) is 4. The van der Waals surface area contributed by atoms with Gasteiger partial charge in [-0.1, -0.05) is 6.07 Å². The molecule has 0 fully saturated rings. The Balaban J connectivity index is 1.67. The number of aryl methyl sites for hydroxylation is 1. The van der Waals surface area contributed by atoms with Crippen molar-refractivity contribution >= 4 is 23.3 Å². The summed E-state index contributed by atoms with van der Waals surface area (Å²) in [4.78, 5) is 24.4. The van der Waals surface area contributed by atoms with Crippen LogP contribution in [-0.4, -0.2) is 18.5 Å². The summed E-state index contributed by atoms with van der Waals surface area (Å²) in [6, 6.07) is 5.07. The normalized spacial score (nSPS) is 10.1. The van der Waals surface area contributed by atoms with E-state index in [9.17, 15) is 9.59 Å². The lowest BCUT2D eigenvalue weighted by Crippen LogP contribution is -2.47. The summed E-state index contributed by atoms with van der Waals surface area (Å²) in [6.45, 7) is 2.18. The maximum Gasteiger partial charge on any atom is 0.333 e. The maximum atomic E-state index is 11.7. The van der Waals surface area contributed by atoms with Gasteiger partial charge in [0.05, 0.1) is 11.8 Å². The summed E-state index contributed by atoms with van der Waals surface area (Å²) in [5.74, 6) is 0.0899. The zero-order valence-corrected chi connectivity index (χ0v) is 11.8. The molecule has 3 N–H and O–H groups in total. The van der Waals surface area contributed by atoms with E-state index in [0.717, 1.165) is 6.42 Å². The molecule has 7 heteroatoms. The van der Waals surface area contributed by atoms with E-state index in [0.29, 0.717) is 17.9 Å². The minimum atomic E-state index is -0.448. The molecule has 6 nitrogen and oxygen atoms in total. The average molecular weight is 293 g/mol. The Labute approximate surface area is 120 Å². The molecule has 3 amide bonds. The molecule has 2 aromatic rings. The van der Waals surface area contributed by atoms with Gasteiger partial charge in [0.1, 0.15) is 5.76 Å². The second-order valence-corrected chi connectivity index (χ2v) is 5.09. The lowest BCUT2D eigenvalue weighted by atomic mass is 10.2. The van der Waals surface area contributed by atoms with Crippen molar-refractivity contribution < 1.29 is 14.0 Å². The first kappa shape index (κ1) is 14.1. The largest absolute Gasteiger partial charge is 0.469 e. The molecule has 0 atom stereocenters. The first-order chi connectivity index (χ1) is 9.66. The number of furan rings is 1. The van der Waals surface area contributed by atoms with Crippen LogP contribution in [0.15, 0.2) is 34.3 Å². The second kappa shape index (κ2) is 6.76. The molecule has 0 aliphatic heterocycles. The van der Waals surface area contributed by atoms with Crippen LogP contribution in [0.5, 0.6) is 0 Å². The number of hydrazine groups is 1. The van der Waals surface area contributed by atoms with Crippen LogP contribution >= 0.6 is 11.3 Å². The van der Waals surface area contributed by atoms with Crippen LogP contribution in [0.3, 0.4) is 0 Å². The van der Waals surface area contributed by atoms with E-state index < -0.39 is 11.9 Å². The molecule has 2 rings (SSSR count). The Morgan fingerprint density at radius 1 is 1.30 bits per heavy atom. The third-order valence-electron chi connectivity index (χ3n) is 2.63. The molecule has 0 aliphatic rings. The highest BCUT2D eigenvalue weighted by Gasteiger charge is 2.11. The Morgan fingerprint density at radius 2 is 2.15 bits per heavy atom. The van der Waals surface area contributed by atoms with Crippen LogP contribution in [0.1, 0.15) is 21.0 Å². The molecule has 0 saturated carbocycles. The first-order valence-corrected chi connectivity index (χ1v) is 6.95. The summed E-state index contributed by atoms with van der Waals surface area (Å²) in [7, 11) is 0. The number of carbonyl (C=O) groups is 2. The van der Waals surface area contributed by atoms with Gasteiger partial charge in [0, 0.05) is 11.4 Å². The van der Waals surface area contributed by atoms with Gasteiger partial charge < -0.3 is 9.73 Å². The minimum Gasteiger partial charge on any atom is -0.469 e. The number of thiophene rings is 1.